The van der Waals surface area contributed by atoms with Crippen LogP contribution in [0, 0.1) is 0 Å². The Morgan fingerprint density at radius 2 is 0.793 bits per heavy atom. The molecule has 0 rings (SSSR count). The standard InChI is InChI=1S/C21H42N2O2S.C18H38O.C12H26O/c1-2-22-26-21-15-18-23(16-11-7-3-5-9-13-19-24)17-12-8-4-6-10-14-20-25;1-4-6-8-10-12-14-16-18(19-3)17-15-13-11-9-7-5-2;1-4-6-7-8-9-10-11-12(5-2)13-3/h19-20,22H,2-18,21H2,1H3;18H,4-17H2,1-3H3;12H,4-11H2,1-3H3. The van der Waals surface area contributed by atoms with Gasteiger partial charge in [-0.3, -0.25) is 4.72 Å². The number of aldehydes is 2. The van der Waals surface area contributed by atoms with Crippen LogP contribution in [-0.2, 0) is 19.1 Å². The number of unbranched alkanes of at least 4 members (excludes halogenated alkanes) is 25. The third kappa shape index (κ3) is 55.5. The van der Waals surface area contributed by atoms with E-state index >= 15 is 0 Å². The van der Waals surface area contributed by atoms with Crippen LogP contribution < -0.4 is 4.72 Å². The number of methoxy groups -OCH3 is 2. The molecule has 1 unspecified atom stereocenters. The summed E-state index contributed by atoms with van der Waals surface area (Å²) in [6.07, 6.45) is 47.9. The molecule has 0 bridgehead atoms. The summed E-state index contributed by atoms with van der Waals surface area (Å²) < 4.78 is 14.3. The molecule has 7 heteroatoms. The Morgan fingerprint density at radius 3 is 1.16 bits per heavy atom. The Kier molecular flexibility index (Phi) is 62.5. The van der Waals surface area contributed by atoms with Gasteiger partial charge in [-0.15, -0.1) is 0 Å². The second kappa shape index (κ2) is 58.6. The number of hydrogen-bond donors (Lipinski definition) is 1. The molecule has 1 atom stereocenters. The molecule has 0 radical (unpaired) electrons. The van der Waals surface area contributed by atoms with Crippen LogP contribution in [0.15, 0.2) is 0 Å². The first kappa shape index (κ1) is 61.8. The van der Waals surface area contributed by atoms with Crippen molar-refractivity contribution >= 4 is 24.5 Å². The van der Waals surface area contributed by atoms with Crippen molar-refractivity contribution in [1.29, 1.82) is 0 Å². The van der Waals surface area contributed by atoms with Crippen molar-refractivity contribution in [3.05, 3.63) is 0 Å². The maximum Gasteiger partial charge on any atom is 0.119 e. The smallest absolute Gasteiger partial charge is 0.119 e. The first-order valence-electron chi connectivity index (χ1n) is 25.5. The molecule has 0 aromatic carbocycles. The minimum atomic E-state index is 0.506. The second-order valence-electron chi connectivity index (χ2n) is 16.8. The van der Waals surface area contributed by atoms with Gasteiger partial charge in [0, 0.05) is 39.4 Å². The molecule has 0 aliphatic heterocycles. The maximum absolute atomic E-state index is 10.3. The fourth-order valence-electron chi connectivity index (χ4n) is 7.38. The van der Waals surface area contributed by atoms with E-state index < -0.39 is 0 Å². The normalized spacial score (nSPS) is 11.7. The topological polar surface area (TPSA) is 67.9 Å². The van der Waals surface area contributed by atoms with Gasteiger partial charge in [0.1, 0.15) is 12.6 Å². The largest absolute Gasteiger partial charge is 0.381 e. The molecule has 6 nitrogen and oxygen atoms in total. The fraction of sp³-hybridized carbons (Fsp3) is 0.961. The lowest BCUT2D eigenvalue weighted by Crippen LogP contribution is -2.28. The SMILES string of the molecule is CCCCCCCCC(CC)OC.CCCCCCCCC(CCCCCCCC)OC.CCNSCCCN(CCCCCCCC=O)CCCCCCCC=O. The molecule has 58 heavy (non-hydrogen) atoms. The van der Waals surface area contributed by atoms with E-state index in [9.17, 15) is 9.59 Å². The summed E-state index contributed by atoms with van der Waals surface area (Å²) in [5, 5.41) is 0. The first-order valence-corrected chi connectivity index (χ1v) is 26.5. The molecule has 0 heterocycles. The van der Waals surface area contributed by atoms with E-state index in [0.717, 1.165) is 51.2 Å². The summed E-state index contributed by atoms with van der Waals surface area (Å²) in [7, 11) is 3.71. The Hall–Kier alpha value is -0.470. The Labute approximate surface area is 369 Å². The zero-order valence-electron chi connectivity index (χ0n) is 40.6. The molecule has 0 saturated carbocycles. The van der Waals surface area contributed by atoms with Crippen molar-refractivity contribution in [2.24, 2.45) is 0 Å². The van der Waals surface area contributed by atoms with E-state index in [2.05, 4.69) is 44.2 Å². The summed E-state index contributed by atoms with van der Waals surface area (Å²) in [5.41, 5.74) is 0. The summed E-state index contributed by atoms with van der Waals surface area (Å²) in [4.78, 5) is 23.3. The maximum atomic E-state index is 10.3. The summed E-state index contributed by atoms with van der Waals surface area (Å²) in [6, 6.07) is 0. The molecule has 350 valence electrons. The van der Waals surface area contributed by atoms with Crippen molar-refractivity contribution in [3.8, 4) is 0 Å². The molecule has 0 saturated heterocycles. The van der Waals surface area contributed by atoms with Crippen molar-refractivity contribution in [2.75, 3.05) is 46.2 Å². The van der Waals surface area contributed by atoms with Crippen LogP contribution in [-0.4, -0.2) is 75.8 Å². The summed E-state index contributed by atoms with van der Waals surface area (Å²) >= 11 is 1.84. The molecule has 0 spiro atoms. The van der Waals surface area contributed by atoms with E-state index in [-0.39, 0.29) is 0 Å². The predicted octanol–water partition coefficient (Wildman–Crippen LogP) is 15.7. The third-order valence-corrected chi connectivity index (χ3v) is 12.3. The van der Waals surface area contributed by atoms with Gasteiger partial charge in [-0.2, -0.15) is 0 Å². The average Bonchev–Trinajstić information content (AvgIpc) is 3.24. The molecule has 0 aromatic heterocycles. The van der Waals surface area contributed by atoms with Crippen molar-refractivity contribution in [1.82, 2.24) is 9.62 Å². The summed E-state index contributed by atoms with van der Waals surface area (Å²) in [6.45, 7) is 15.8. The fourth-order valence-corrected chi connectivity index (χ4v) is 8.00. The molecule has 0 aliphatic rings. The summed E-state index contributed by atoms with van der Waals surface area (Å²) in [5.74, 6) is 1.18. The number of hydrogen-bond acceptors (Lipinski definition) is 7. The number of nitrogens with one attached hydrogen (secondary N) is 1. The van der Waals surface area contributed by atoms with Gasteiger partial charge in [0.25, 0.3) is 0 Å². The monoisotopic (exact) mass is 843 g/mol. The van der Waals surface area contributed by atoms with Gasteiger partial charge in [-0.1, -0.05) is 201 Å². The predicted molar refractivity (Wildman–Crippen MR) is 261 cm³/mol. The minimum absolute atomic E-state index is 0.506. The highest BCUT2D eigenvalue weighted by Crippen LogP contribution is 2.16. The molecule has 0 aromatic rings. The first-order chi connectivity index (χ1) is 28.5. The van der Waals surface area contributed by atoms with Crippen LogP contribution in [0.25, 0.3) is 0 Å². The second-order valence-corrected chi connectivity index (χ2v) is 17.8. The average molecular weight is 843 g/mol. The molecule has 0 fully saturated rings. The zero-order valence-corrected chi connectivity index (χ0v) is 41.4. The number of carbonyl (C=O) groups is 2. The molecule has 0 aliphatic carbocycles. The lowest BCUT2D eigenvalue weighted by Gasteiger charge is -2.22. The lowest BCUT2D eigenvalue weighted by atomic mass is 10.0. The third-order valence-electron chi connectivity index (χ3n) is 11.3. The lowest BCUT2D eigenvalue weighted by molar-refractivity contribution is -0.108. The molecule has 0 amide bonds. The highest BCUT2D eigenvalue weighted by Gasteiger charge is 2.07. The van der Waals surface area contributed by atoms with Crippen LogP contribution in [0.1, 0.15) is 259 Å². The Morgan fingerprint density at radius 1 is 0.448 bits per heavy atom. The van der Waals surface area contributed by atoms with Crippen LogP contribution >= 0.6 is 11.9 Å². The molecular weight excluding hydrogens is 737 g/mol. The van der Waals surface area contributed by atoms with Crippen LogP contribution in [0.2, 0.25) is 0 Å². The highest BCUT2D eigenvalue weighted by molar-refractivity contribution is 7.97. The number of ether oxygens (including phenoxy) is 2. The van der Waals surface area contributed by atoms with Crippen molar-refractivity contribution in [3.63, 3.8) is 0 Å². The van der Waals surface area contributed by atoms with E-state index in [0.29, 0.717) is 12.2 Å². The van der Waals surface area contributed by atoms with Gasteiger partial charge >= 0.3 is 0 Å². The van der Waals surface area contributed by atoms with E-state index in [1.165, 1.54) is 218 Å². The van der Waals surface area contributed by atoms with Gasteiger partial charge < -0.3 is 24.0 Å². The minimum Gasteiger partial charge on any atom is -0.381 e. The van der Waals surface area contributed by atoms with Crippen LogP contribution in [0.4, 0.5) is 0 Å². The van der Waals surface area contributed by atoms with Gasteiger partial charge in [0.2, 0.25) is 0 Å². The quantitative estimate of drug-likeness (QED) is 0.0372. The van der Waals surface area contributed by atoms with E-state index in [4.69, 9.17) is 9.47 Å². The number of carbonyl (C=O) groups excluding carboxylic acids is 2. The van der Waals surface area contributed by atoms with E-state index in [1.807, 2.05) is 26.2 Å². The Balaban J connectivity index is -0.000000830. The van der Waals surface area contributed by atoms with Gasteiger partial charge in [-0.05, 0) is 77.4 Å². The number of nitrogens with zero attached hydrogens (tertiary/aromatic N) is 1. The Bertz CT molecular complexity index is 689. The highest BCUT2D eigenvalue weighted by atomic mass is 32.2. The van der Waals surface area contributed by atoms with Gasteiger partial charge in [-0.25, -0.2) is 0 Å². The number of rotatable bonds is 46. The van der Waals surface area contributed by atoms with Crippen LogP contribution in [0.3, 0.4) is 0 Å². The van der Waals surface area contributed by atoms with Crippen LogP contribution in [0.5, 0.6) is 0 Å². The molecule has 1 N–H and O–H groups in total. The van der Waals surface area contributed by atoms with Crippen molar-refractivity contribution < 1.29 is 19.1 Å². The van der Waals surface area contributed by atoms with Gasteiger partial charge in [0.05, 0.1) is 12.2 Å². The molecular formula is C51H106N2O4S. The van der Waals surface area contributed by atoms with Gasteiger partial charge in [0.15, 0.2) is 0 Å². The van der Waals surface area contributed by atoms with E-state index in [1.54, 1.807) is 0 Å². The zero-order chi connectivity index (χ0) is 43.3. The van der Waals surface area contributed by atoms with Crippen molar-refractivity contribution in [2.45, 2.75) is 272 Å².